The Morgan fingerprint density at radius 2 is 1.31 bits per heavy atom. The molecular formula is C7H18O7S2. The molecule has 0 spiro atoms. The summed E-state index contributed by atoms with van der Waals surface area (Å²) in [5, 5.41) is 0. The summed E-state index contributed by atoms with van der Waals surface area (Å²) < 4.78 is 56.8. The van der Waals surface area contributed by atoms with Gasteiger partial charge in [-0.3, -0.25) is 4.55 Å². The average Bonchev–Trinajstić information content (AvgIpc) is 2.01. The van der Waals surface area contributed by atoms with Crippen LogP contribution in [0.25, 0.3) is 0 Å². The summed E-state index contributed by atoms with van der Waals surface area (Å²) in [5.41, 5.74) is 0. The van der Waals surface area contributed by atoms with Crippen LogP contribution in [0.15, 0.2) is 0 Å². The van der Waals surface area contributed by atoms with E-state index < -0.39 is 20.5 Å². The van der Waals surface area contributed by atoms with Gasteiger partial charge in [-0.05, 0) is 20.3 Å². The SMILES string of the molecule is CCCS(=O)(=O)O.CCOS(=O)(=O)OCC. The summed E-state index contributed by atoms with van der Waals surface area (Å²) in [6.07, 6.45) is 0.471. The van der Waals surface area contributed by atoms with Crippen molar-refractivity contribution in [2.24, 2.45) is 0 Å². The van der Waals surface area contributed by atoms with Gasteiger partial charge in [0, 0.05) is 0 Å². The van der Waals surface area contributed by atoms with Crippen LogP contribution in [-0.4, -0.2) is 40.4 Å². The van der Waals surface area contributed by atoms with E-state index in [1.165, 1.54) is 0 Å². The zero-order chi connectivity index (χ0) is 13.2. The molecule has 0 saturated heterocycles. The van der Waals surface area contributed by atoms with Crippen LogP contribution in [0, 0.1) is 0 Å². The Kier molecular flexibility index (Phi) is 10.1. The molecular weight excluding hydrogens is 260 g/mol. The van der Waals surface area contributed by atoms with E-state index in [0.717, 1.165) is 0 Å². The molecule has 0 heterocycles. The molecule has 0 atom stereocenters. The van der Waals surface area contributed by atoms with Gasteiger partial charge in [0.25, 0.3) is 10.1 Å². The van der Waals surface area contributed by atoms with E-state index in [2.05, 4.69) is 8.37 Å². The van der Waals surface area contributed by atoms with E-state index in [0.29, 0.717) is 6.42 Å². The zero-order valence-electron chi connectivity index (χ0n) is 9.54. The van der Waals surface area contributed by atoms with Crippen molar-refractivity contribution in [3.63, 3.8) is 0 Å². The van der Waals surface area contributed by atoms with Crippen molar-refractivity contribution in [1.29, 1.82) is 0 Å². The van der Waals surface area contributed by atoms with Gasteiger partial charge in [-0.15, -0.1) is 0 Å². The van der Waals surface area contributed by atoms with Gasteiger partial charge >= 0.3 is 10.4 Å². The highest BCUT2D eigenvalue weighted by Crippen LogP contribution is 1.93. The molecule has 0 saturated carbocycles. The molecule has 0 aromatic rings. The average molecular weight is 278 g/mol. The van der Waals surface area contributed by atoms with Gasteiger partial charge in [0.1, 0.15) is 0 Å². The van der Waals surface area contributed by atoms with Crippen LogP contribution in [0.5, 0.6) is 0 Å². The molecule has 0 aliphatic carbocycles. The van der Waals surface area contributed by atoms with E-state index in [1.807, 2.05) is 0 Å². The van der Waals surface area contributed by atoms with Crippen molar-refractivity contribution in [3.05, 3.63) is 0 Å². The summed E-state index contributed by atoms with van der Waals surface area (Å²) in [5.74, 6) is -0.132. The fraction of sp³-hybridized carbons (Fsp3) is 1.00. The Hall–Kier alpha value is -0.220. The second kappa shape index (κ2) is 8.88. The number of hydrogen-bond acceptors (Lipinski definition) is 6. The normalized spacial score (nSPS) is 11.8. The lowest BCUT2D eigenvalue weighted by Crippen LogP contribution is -2.09. The Bertz CT molecular complexity index is 331. The molecule has 0 radical (unpaired) electrons. The molecule has 7 nitrogen and oxygen atoms in total. The summed E-state index contributed by atoms with van der Waals surface area (Å²) in [6, 6.07) is 0. The Labute approximate surface area is 96.8 Å². The largest absolute Gasteiger partial charge is 0.399 e. The zero-order valence-corrected chi connectivity index (χ0v) is 11.2. The van der Waals surface area contributed by atoms with Crippen LogP contribution in [-0.2, 0) is 28.9 Å². The molecule has 16 heavy (non-hydrogen) atoms. The first-order valence-electron chi connectivity index (χ1n) is 4.67. The van der Waals surface area contributed by atoms with E-state index in [9.17, 15) is 16.8 Å². The Morgan fingerprint density at radius 3 is 1.44 bits per heavy atom. The maximum absolute atomic E-state index is 10.4. The number of hydrogen-bond donors (Lipinski definition) is 1. The van der Waals surface area contributed by atoms with Crippen LogP contribution in [0.1, 0.15) is 27.2 Å². The minimum absolute atomic E-state index is 0.113. The van der Waals surface area contributed by atoms with Crippen molar-refractivity contribution in [1.82, 2.24) is 0 Å². The standard InChI is InChI=1S/C4H10O4S.C3H8O3S/c1-3-7-9(5,6)8-4-2;1-2-3-7(4,5)6/h3-4H2,1-2H3;2-3H2,1H3,(H,4,5,6). The molecule has 0 unspecified atom stereocenters. The maximum atomic E-state index is 10.4. The van der Waals surface area contributed by atoms with Crippen LogP contribution in [0.4, 0.5) is 0 Å². The van der Waals surface area contributed by atoms with Gasteiger partial charge in [0.15, 0.2) is 0 Å². The second-order valence-corrected chi connectivity index (χ2v) is 5.37. The van der Waals surface area contributed by atoms with Crippen LogP contribution >= 0.6 is 0 Å². The lowest BCUT2D eigenvalue weighted by atomic mass is 10.6. The van der Waals surface area contributed by atoms with Gasteiger partial charge in [0.05, 0.1) is 19.0 Å². The maximum Gasteiger partial charge on any atom is 0.399 e. The molecule has 0 aromatic carbocycles. The van der Waals surface area contributed by atoms with Crippen molar-refractivity contribution >= 4 is 20.5 Å². The van der Waals surface area contributed by atoms with Gasteiger partial charge in [0.2, 0.25) is 0 Å². The van der Waals surface area contributed by atoms with Crippen molar-refractivity contribution < 1.29 is 29.8 Å². The lowest BCUT2D eigenvalue weighted by Gasteiger charge is -1.99. The fourth-order valence-electron chi connectivity index (χ4n) is 0.581. The Balaban J connectivity index is 0. The summed E-state index contributed by atoms with van der Waals surface area (Å²) in [7, 11) is -7.36. The Morgan fingerprint density at radius 1 is 0.938 bits per heavy atom. The smallest absolute Gasteiger partial charge is 0.286 e. The monoisotopic (exact) mass is 278 g/mol. The third kappa shape index (κ3) is 16.2. The van der Waals surface area contributed by atoms with Crippen LogP contribution in [0.3, 0.4) is 0 Å². The van der Waals surface area contributed by atoms with Crippen molar-refractivity contribution in [3.8, 4) is 0 Å². The van der Waals surface area contributed by atoms with Crippen molar-refractivity contribution in [2.45, 2.75) is 27.2 Å². The highest BCUT2D eigenvalue weighted by molar-refractivity contribution is 7.85. The highest BCUT2D eigenvalue weighted by atomic mass is 32.3. The van der Waals surface area contributed by atoms with E-state index in [4.69, 9.17) is 4.55 Å². The molecule has 9 heteroatoms. The molecule has 0 fully saturated rings. The molecule has 0 aliphatic rings. The predicted molar refractivity (Wildman–Crippen MR) is 58.9 cm³/mol. The highest BCUT2D eigenvalue weighted by Gasteiger charge is 2.06. The first kappa shape index (κ1) is 18.2. The third-order valence-electron chi connectivity index (χ3n) is 0.986. The van der Waals surface area contributed by atoms with Gasteiger partial charge in [-0.2, -0.15) is 16.8 Å². The minimum atomic E-state index is -3.68. The molecule has 0 bridgehead atoms. The minimum Gasteiger partial charge on any atom is -0.286 e. The summed E-state index contributed by atoms with van der Waals surface area (Å²) in [4.78, 5) is 0. The first-order valence-corrected chi connectivity index (χ1v) is 7.61. The molecule has 1 N–H and O–H groups in total. The topological polar surface area (TPSA) is 107 Å². The van der Waals surface area contributed by atoms with Crippen LogP contribution in [0.2, 0.25) is 0 Å². The molecule has 0 amide bonds. The molecule has 0 aromatic heterocycles. The molecule has 0 rings (SSSR count). The first-order chi connectivity index (χ1) is 7.18. The molecule has 100 valence electrons. The second-order valence-electron chi connectivity index (χ2n) is 2.51. The van der Waals surface area contributed by atoms with Crippen LogP contribution < -0.4 is 0 Å². The molecule has 0 aliphatic heterocycles. The van der Waals surface area contributed by atoms with Gasteiger partial charge in [-0.25, -0.2) is 8.37 Å². The quantitative estimate of drug-likeness (QED) is 0.708. The fourth-order valence-corrected chi connectivity index (χ4v) is 1.74. The summed E-state index contributed by atoms with van der Waals surface area (Å²) >= 11 is 0. The summed E-state index contributed by atoms with van der Waals surface area (Å²) in [6.45, 7) is 5.07. The van der Waals surface area contributed by atoms with Crippen molar-refractivity contribution in [2.75, 3.05) is 19.0 Å². The van der Waals surface area contributed by atoms with E-state index in [-0.39, 0.29) is 19.0 Å². The predicted octanol–water partition coefficient (Wildman–Crippen LogP) is 0.588. The van der Waals surface area contributed by atoms with E-state index in [1.54, 1.807) is 20.8 Å². The van der Waals surface area contributed by atoms with E-state index >= 15 is 0 Å². The van der Waals surface area contributed by atoms with Gasteiger partial charge in [-0.1, -0.05) is 6.92 Å². The number of rotatable bonds is 6. The lowest BCUT2D eigenvalue weighted by molar-refractivity contribution is 0.231. The third-order valence-corrected chi connectivity index (χ3v) is 2.96. The van der Waals surface area contributed by atoms with Gasteiger partial charge < -0.3 is 0 Å².